The van der Waals surface area contributed by atoms with Crippen LogP contribution in [0.2, 0.25) is 0 Å². The van der Waals surface area contributed by atoms with Gasteiger partial charge in [0, 0.05) is 6.54 Å². The van der Waals surface area contributed by atoms with Crippen molar-refractivity contribution in [3.63, 3.8) is 0 Å². The third kappa shape index (κ3) is 5.05. The molecule has 29 heavy (non-hydrogen) atoms. The second kappa shape index (κ2) is 9.11. The highest BCUT2D eigenvalue weighted by Crippen LogP contribution is 2.21. The van der Waals surface area contributed by atoms with E-state index in [1.807, 2.05) is 60.7 Å². The molecule has 0 saturated carbocycles. The standard InChI is InChI=1S/C25H24N2O2/c1-28-23-15-12-20(13-16-23)14-17-24-19-27(18-21-8-4-2-5-9-21)25(29-24)26-22-10-6-3-7-11-22/h2-17,24H,18-19H2,1H3/b17-14+,26-25?. The molecular weight excluding hydrogens is 360 g/mol. The highest BCUT2D eigenvalue weighted by molar-refractivity contribution is 5.79. The molecular formula is C25H24N2O2. The molecule has 4 heteroatoms. The van der Waals surface area contributed by atoms with Crippen LogP contribution in [-0.4, -0.2) is 30.7 Å². The van der Waals surface area contributed by atoms with Crippen LogP contribution in [0.1, 0.15) is 11.1 Å². The maximum atomic E-state index is 6.18. The van der Waals surface area contributed by atoms with Crippen molar-refractivity contribution >= 4 is 17.8 Å². The fourth-order valence-electron chi connectivity index (χ4n) is 3.22. The summed E-state index contributed by atoms with van der Waals surface area (Å²) in [6, 6.07) is 29.0. The number of amidine groups is 1. The zero-order chi connectivity index (χ0) is 19.9. The van der Waals surface area contributed by atoms with Gasteiger partial charge in [0.15, 0.2) is 0 Å². The topological polar surface area (TPSA) is 34.1 Å². The van der Waals surface area contributed by atoms with Gasteiger partial charge in [0.2, 0.25) is 0 Å². The Hall–Kier alpha value is -3.53. The first-order valence-electron chi connectivity index (χ1n) is 9.72. The Morgan fingerprint density at radius 2 is 1.66 bits per heavy atom. The Morgan fingerprint density at radius 3 is 2.34 bits per heavy atom. The highest BCUT2D eigenvalue weighted by atomic mass is 16.5. The summed E-state index contributed by atoms with van der Waals surface area (Å²) in [4.78, 5) is 6.92. The predicted molar refractivity (Wildman–Crippen MR) is 117 cm³/mol. The van der Waals surface area contributed by atoms with Gasteiger partial charge in [-0.25, -0.2) is 0 Å². The third-order valence-electron chi connectivity index (χ3n) is 4.74. The van der Waals surface area contributed by atoms with E-state index in [0.29, 0.717) is 6.02 Å². The minimum Gasteiger partial charge on any atom is -0.497 e. The molecule has 4 nitrogen and oxygen atoms in total. The Kier molecular flexibility index (Phi) is 5.91. The highest BCUT2D eigenvalue weighted by Gasteiger charge is 2.28. The number of hydrogen-bond acceptors (Lipinski definition) is 3. The molecule has 4 rings (SSSR count). The van der Waals surface area contributed by atoms with Crippen molar-refractivity contribution < 1.29 is 9.47 Å². The minimum atomic E-state index is -0.0525. The molecule has 1 aliphatic rings. The largest absolute Gasteiger partial charge is 0.497 e. The van der Waals surface area contributed by atoms with Gasteiger partial charge in [0.05, 0.1) is 19.3 Å². The van der Waals surface area contributed by atoms with Crippen molar-refractivity contribution in [3.05, 3.63) is 102 Å². The van der Waals surface area contributed by atoms with Crippen LogP contribution in [-0.2, 0) is 11.3 Å². The van der Waals surface area contributed by atoms with E-state index in [-0.39, 0.29) is 6.10 Å². The number of benzene rings is 3. The summed E-state index contributed by atoms with van der Waals surface area (Å²) in [6.45, 7) is 1.52. The fraction of sp³-hybridized carbons (Fsp3) is 0.160. The van der Waals surface area contributed by atoms with Crippen molar-refractivity contribution in [2.24, 2.45) is 4.99 Å². The Morgan fingerprint density at radius 1 is 0.966 bits per heavy atom. The molecule has 0 aliphatic carbocycles. The van der Waals surface area contributed by atoms with E-state index in [1.54, 1.807) is 7.11 Å². The summed E-state index contributed by atoms with van der Waals surface area (Å²) in [7, 11) is 1.67. The zero-order valence-electron chi connectivity index (χ0n) is 16.4. The second-order valence-electron chi connectivity index (χ2n) is 6.88. The number of aliphatic imine (C=N–C) groups is 1. The molecule has 0 amide bonds. The molecule has 0 spiro atoms. The lowest BCUT2D eigenvalue weighted by atomic mass is 10.1. The second-order valence-corrected chi connectivity index (χ2v) is 6.88. The van der Waals surface area contributed by atoms with Gasteiger partial charge in [0.25, 0.3) is 6.02 Å². The lowest BCUT2D eigenvalue weighted by Crippen LogP contribution is -2.25. The average Bonchev–Trinajstić information content (AvgIpc) is 3.15. The van der Waals surface area contributed by atoms with Gasteiger partial charge < -0.3 is 14.4 Å². The van der Waals surface area contributed by atoms with Gasteiger partial charge in [-0.2, -0.15) is 4.99 Å². The van der Waals surface area contributed by atoms with Crippen molar-refractivity contribution in [3.8, 4) is 5.75 Å². The Labute approximate surface area is 171 Å². The van der Waals surface area contributed by atoms with E-state index in [0.717, 1.165) is 30.1 Å². The smallest absolute Gasteiger partial charge is 0.293 e. The molecule has 3 aromatic carbocycles. The van der Waals surface area contributed by atoms with Crippen molar-refractivity contribution in [1.29, 1.82) is 0 Å². The van der Waals surface area contributed by atoms with Crippen molar-refractivity contribution in [1.82, 2.24) is 4.90 Å². The van der Waals surface area contributed by atoms with Gasteiger partial charge in [-0.3, -0.25) is 0 Å². The Balaban J connectivity index is 1.52. The van der Waals surface area contributed by atoms with Crippen LogP contribution in [0.15, 0.2) is 96.0 Å². The van der Waals surface area contributed by atoms with Crippen LogP contribution in [0.5, 0.6) is 5.75 Å². The molecule has 0 aromatic heterocycles. The van der Waals surface area contributed by atoms with Crippen LogP contribution in [0.3, 0.4) is 0 Å². The van der Waals surface area contributed by atoms with Gasteiger partial charge in [-0.05, 0) is 41.5 Å². The normalized spacial score (nSPS) is 17.6. The van der Waals surface area contributed by atoms with Gasteiger partial charge in [-0.15, -0.1) is 0 Å². The first-order chi connectivity index (χ1) is 14.3. The van der Waals surface area contributed by atoms with Gasteiger partial charge >= 0.3 is 0 Å². The molecule has 1 saturated heterocycles. The van der Waals surface area contributed by atoms with Crippen LogP contribution in [0.4, 0.5) is 5.69 Å². The fourth-order valence-corrected chi connectivity index (χ4v) is 3.22. The molecule has 1 fully saturated rings. The average molecular weight is 384 g/mol. The molecule has 0 radical (unpaired) electrons. The quantitative estimate of drug-likeness (QED) is 0.578. The molecule has 3 aromatic rings. The molecule has 1 atom stereocenters. The summed E-state index contributed by atoms with van der Waals surface area (Å²) in [5.41, 5.74) is 3.23. The van der Waals surface area contributed by atoms with E-state index >= 15 is 0 Å². The maximum absolute atomic E-state index is 6.18. The van der Waals surface area contributed by atoms with Crippen molar-refractivity contribution in [2.45, 2.75) is 12.6 Å². The lowest BCUT2D eigenvalue weighted by Gasteiger charge is -2.15. The summed E-state index contributed by atoms with van der Waals surface area (Å²) < 4.78 is 11.4. The minimum absolute atomic E-state index is 0.0525. The van der Waals surface area contributed by atoms with Crippen LogP contribution < -0.4 is 4.74 Å². The number of methoxy groups -OCH3 is 1. The third-order valence-corrected chi connectivity index (χ3v) is 4.74. The molecule has 146 valence electrons. The monoisotopic (exact) mass is 384 g/mol. The zero-order valence-corrected chi connectivity index (χ0v) is 16.4. The van der Waals surface area contributed by atoms with E-state index in [1.165, 1.54) is 5.56 Å². The van der Waals surface area contributed by atoms with E-state index in [4.69, 9.17) is 14.5 Å². The van der Waals surface area contributed by atoms with Crippen molar-refractivity contribution in [2.75, 3.05) is 13.7 Å². The van der Waals surface area contributed by atoms with Crippen LogP contribution >= 0.6 is 0 Å². The first-order valence-corrected chi connectivity index (χ1v) is 9.72. The van der Waals surface area contributed by atoms with E-state index in [9.17, 15) is 0 Å². The Bertz CT molecular complexity index is 967. The number of rotatable bonds is 6. The first kappa shape index (κ1) is 18.8. The van der Waals surface area contributed by atoms with Gasteiger partial charge in [0.1, 0.15) is 11.9 Å². The summed E-state index contributed by atoms with van der Waals surface area (Å²) in [5.74, 6) is 0.852. The molecule has 1 heterocycles. The lowest BCUT2D eigenvalue weighted by molar-refractivity contribution is 0.281. The number of ether oxygens (including phenoxy) is 2. The maximum Gasteiger partial charge on any atom is 0.293 e. The molecule has 0 N–H and O–H groups in total. The number of para-hydroxylation sites is 1. The molecule has 1 aliphatic heterocycles. The van der Waals surface area contributed by atoms with Gasteiger partial charge in [-0.1, -0.05) is 66.7 Å². The number of nitrogens with zero attached hydrogens (tertiary/aromatic N) is 2. The molecule has 1 unspecified atom stereocenters. The summed E-state index contributed by atoms with van der Waals surface area (Å²) in [5, 5.41) is 0. The predicted octanol–water partition coefficient (Wildman–Crippen LogP) is 5.30. The SMILES string of the molecule is COc1ccc(/C=C/C2CN(Cc3ccccc3)C(=Nc3ccccc3)O2)cc1. The summed E-state index contributed by atoms with van der Waals surface area (Å²) >= 11 is 0. The molecule has 0 bridgehead atoms. The van der Waals surface area contributed by atoms with Crippen LogP contribution in [0, 0.1) is 0 Å². The number of hydrogen-bond donors (Lipinski definition) is 0. The summed E-state index contributed by atoms with van der Waals surface area (Å²) in [6.07, 6.45) is 4.12. The van der Waals surface area contributed by atoms with E-state index < -0.39 is 0 Å². The van der Waals surface area contributed by atoms with Crippen LogP contribution in [0.25, 0.3) is 6.08 Å². The van der Waals surface area contributed by atoms with E-state index in [2.05, 4.69) is 41.3 Å².